The summed E-state index contributed by atoms with van der Waals surface area (Å²) in [6.45, 7) is 8.47. The molecule has 4 rings (SSSR count). The van der Waals surface area contributed by atoms with E-state index in [-0.39, 0.29) is 36.0 Å². The van der Waals surface area contributed by atoms with E-state index in [1.54, 1.807) is 45.0 Å². The quantitative estimate of drug-likeness (QED) is 0.364. The molecule has 3 N–H and O–H groups in total. The molecule has 218 valence electrons. The number of Topliss-reactive ketones (excluding diaryl/α,β-unsaturated/α-hetero) is 1. The zero-order valence-electron chi connectivity index (χ0n) is 24.2. The number of carboxylic acids is 1. The minimum atomic E-state index is -1.23. The van der Waals surface area contributed by atoms with Gasteiger partial charge in [0.05, 0.1) is 30.0 Å². The SMILES string of the molecule is Cc1ccc2c(c1)N(CC(=O)c1ccccc1C)C(=O)C(NC(=O)Nc1cccc(C(=O)O)c1)CN2C(=O)C(C)(C)C. The molecule has 1 aliphatic heterocycles. The first-order chi connectivity index (χ1) is 19.8. The van der Waals surface area contributed by atoms with Crippen LogP contribution in [0.4, 0.5) is 21.9 Å². The summed E-state index contributed by atoms with van der Waals surface area (Å²) in [5, 5.41) is 14.5. The lowest BCUT2D eigenvalue weighted by molar-refractivity contribution is -0.126. The Hall–Kier alpha value is -4.99. The lowest BCUT2D eigenvalue weighted by Crippen LogP contribution is -2.55. The van der Waals surface area contributed by atoms with Crippen molar-refractivity contribution < 1.29 is 29.1 Å². The summed E-state index contributed by atoms with van der Waals surface area (Å²) in [4.78, 5) is 68.6. The van der Waals surface area contributed by atoms with E-state index in [1.165, 1.54) is 34.1 Å². The largest absolute Gasteiger partial charge is 0.478 e. The van der Waals surface area contributed by atoms with Crippen LogP contribution >= 0.6 is 0 Å². The van der Waals surface area contributed by atoms with Gasteiger partial charge < -0.3 is 25.5 Å². The Balaban J connectivity index is 1.74. The number of aromatic carboxylic acids is 1. The molecule has 4 amide bonds. The first kappa shape index (κ1) is 30.0. The molecule has 0 aromatic heterocycles. The molecule has 0 aliphatic carbocycles. The second-order valence-electron chi connectivity index (χ2n) is 11.4. The van der Waals surface area contributed by atoms with Gasteiger partial charge in [-0.1, -0.05) is 57.2 Å². The Morgan fingerprint density at radius 3 is 2.31 bits per heavy atom. The van der Waals surface area contributed by atoms with E-state index in [0.29, 0.717) is 16.9 Å². The van der Waals surface area contributed by atoms with Gasteiger partial charge in [-0.2, -0.15) is 0 Å². The number of rotatable bonds is 6. The van der Waals surface area contributed by atoms with E-state index >= 15 is 0 Å². The van der Waals surface area contributed by atoms with Gasteiger partial charge >= 0.3 is 12.0 Å². The second kappa shape index (κ2) is 11.9. The number of hydrogen-bond acceptors (Lipinski definition) is 5. The van der Waals surface area contributed by atoms with E-state index < -0.39 is 29.4 Å². The van der Waals surface area contributed by atoms with Gasteiger partial charge in [-0.05, 0) is 55.3 Å². The van der Waals surface area contributed by atoms with Gasteiger partial charge in [0.15, 0.2) is 5.78 Å². The van der Waals surface area contributed by atoms with Crippen LogP contribution in [0.2, 0.25) is 0 Å². The summed E-state index contributed by atoms with van der Waals surface area (Å²) in [7, 11) is 0. The van der Waals surface area contributed by atoms with E-state index in [9.17, 15) is 29.1 Å². The molecule has 0 fully saturated rings. The molecule has 1 heterocycles. The molecule has 3 aromatic rings. The van der Waals surface area contributed by atoms with Crippen LogP contribution in [0, 0.1) is 19.3 Å². The fourth-order valence-corrected chi connectivity index (χ4v) is 4.78. The van der Waals surface area contributed by atoms with Crippen molar-refractivity contribution in [3.05, 3.63) is 89.0 Å². The van der Waals surface area contributed by atoms with Crippen molar-refractivity contribution in [2.75, 3.05) is 28.2 Å². The number of carboxylic acid groups (broad SMARTS) is 1. The fraction of sp³-hybridized carbons (Fsp3) is 0.281. The molecule has 1 atom stereocenters. The number of carbonyl (C=O) groups is 5. The number of hydrogen-bond donors (Lipinski definition) is 3. The molecule has 10 heteroatoms. The van der Waals surface area contributed by atoms with Gasteiger partial charge in [-0.15, -0.1) is 0 Å². The number of nitrogens with one attached hydrogen (secondary N) is 2. The molecule has 1 unspecified atom stereocenters. The van der Waals surface area contributed by atoms with Crippen LogP contribution in [-0.2, 0) is 9.59 Å². The number of carbonyl (C=O) groups excluding carboxylic acids is 4. The number of ketones is 1. The Morgan fingerprint density at radius 1 is 0.929 bits per heavy atom. The topological polar surface area (TPSA) is 136 Å². The van der Waals surface area contributed by atoms with Crippen LogP contribution in [0.15, 0.2) is 66.7 Å². The maximum absolute atomic E-state index is 14.1. The Labute approximate surface area is 244 Å². The van der Waals surface area contributed by atoms with Crippen LogP contribution in [0.5, 0.6) is 0 Å². The molecule has 0 bridgehead atoms. The molecule has 0 radical (unpaired) electrons. The van der Waals surface area contributed by atoms with Crippen LogP contribution in [0.1, 0.15) is 52.6 Å². The number of amides is 4. The molecule has 3 aromatic carbocycles. The molecule has 1 aliphatic rings. The predicted molar refractivity (Wildman–Crippen MR) is 160 cm³/mol. The molecule has 10 nitrogen and oxygen atoms in total. The van der Waals surface area contributed by atoms with Gasteiger partial charge in [-0.3, -0.25) is 14.4 Å². The minimum absolute atomic E-state index is 0.0213. The predicted octanol–water partition coefficient (Wildman–Crippen LogP) is 4.80. The van der Waals surface area contributed by atoms with E-state index in [4.69, 9.17) is 0 Å². The first-order valence-electron chi connectivity index (χ1n) is 13.5. The highest BCUT2D eigenvalue weighted by Crippen LogP contribution is 2.36. The second-order valence-corrected chi connectivity index (χ2v) is 11.4. The van der Waals surface area contributed by atoms with E-state index in [2.05, 4.69) is 10.6 Å². The van der Waals surface area contributed by atoms with Crippen LogP contribution < -0.4 is 20.4 Å². The Bertz CT molecular complexity index is 1580. The van der Waals surface area contributed by atoms with Crippen molar-refractivity contribution in [3.8, 4) is 0 Å². The summed E-state index contributed by atoms with van der Waals surface area (Å²) < 4.78 is 0. The van der Waals surface area contributed by atoms with Gasteiger partial charge in [-0.25, -0.2) is 9.59 Å². The van der Waals surface area contributed by atoms with Gasteiger partial charge in [0.25, 0.3) is 5.91 Å². The Kier molecular flexibility index (Phi) is 8.46. The number of anilines is 3. The smallest absolute Gasteiger partial charge is 0.335 e. The standard InChI is InChI=1S/C32H34N4O6/c1-19-13-14-25-26(15-19)35(18-27(37)23-12-7-6-9-20(23)2)28(38)24(17-36(25)30(41)32(3,4)5)34-31(42)33-22-11-8-10-21(16-22)29(39)40/h6-16,24H,17-18H2,1-5H3,(H,39,40)(H2,33,34,42). The summed E-state index contributed by atoms with van der Waals surface area (Å²) in [6, 6.07) is 16.1. The Morgan fingerprint density at radius 2 is 1.64 bits per heavy atom. The lowest BCUT2D eigenvalue weighted by atomic mass is 9.94. The number of fused-ring (bicyclic) bond motifs is 1. The first-order valence-corrected chi connectivity index (χ1v) is 13.5. The van der Waals surface area contributed by atoms with Crippen molar-refractivity contribution in [1.82, 2.24) is 5.32 Å². The summed E-state index contributed by atoms with van der Waals surface area (Å²) in [5.41, 5.74) is 2.25. The normalized spacial score (nSPS) is 15.0. The molecular weight excluding hydrogens is 536 g/mol. The van der Waals surface area contributed by atoms with Crippen LogP contribution in [-0.4, -0.2) is 53.8 Å². The van der Waals surface area contributed by atoms with Crippen molar-refractivity contribution in [1.29, 1.82) is 0 Å². The number of urea groups is 1. The van der Waals surface area contributed by atoms with E-state index in [0.717, 1.165) is 11.1 Å². The molecule has 0 saturated carbocycles. The highest BCUT2D eigenvalue weighted by molar-refractivity contribution is 6.13. The highest BCUT2D eigenvalue weighted by Gasteiger charge is 2.40. The molecular formula is C32H34N4O6. The van der Waals surface area contributed by atoms with Gasteiger partial charge in [0.2, 0.25) is 5.91 Å². The average Bonchev–Trinajstić information content (AvgIpc) is 3.02. The third-order valence-corrected chi connectivity index (χ3v) is 6.95. The molecule has 0 spiro atoms. The minimum Gasteiger partial charge on any atom is -0.478 e. The molecule has 0 saturated heterocycles. The summed E-state index contributed by atoms with van der Waals surface area (Å²) >= 11 is 0. The third-order valence-electron chi connectivity index (χ3n) is 6.95. The third kappa shape index (κ3) is 6.49. The summed E-state index contributed by atoms with van der Waals surface area (Å²) in [6.07, 6.45) is 0. The highest BCUT2D eigenvalue weighted by atomic mass is 16.4. The number of nitrogens with zero attached hydrogens (tertiary/aromatic N) is 2. The monoisotopic (exact) mass is 570 g/mol. The van der Waals surface area contributed by atoms with Crippen molar-refractivity contribution in [2.24, 2.45) is 5.41 Å². The fourth-order valence-electron chi connectivity index (χ4n) is 4.78. The number of benzene rings is 3. The van der Waals surface area contributed by atoms with Gasteiger partial charge in [0.1, 0.15) is 6.04 Å². The maximum Gasteiger partial charge on any atom is 0.335 e. The summed E-state index contributed by atoms with van der Waals surface area (Å²) in [5.74, 6) is -2.29. The zero-order chi connectivity index (χ0) is 30.8. The van der Waals surface area contributed by atoms with Crippen molar-refractivity contribution in [3.63, 3.8) is 0 Å². The van der Waals surface area contributed by atoms with E-state index in [1.807, 2.05) is 32.0 Å². The average molecular weight is 571 g/mol. The lowest BCUT2D eigenvalue weighted by Gasteiger charge is -2.31. The van der Waals surface area contributed by atoms with Gasteiger partial charge in [0, 0.05) is 16.7 Å². The van der Waals surface area contributed by atoms with Crippen molar-refractivity contribution in [2.45, 2.75) is 40.7 Å². The van der Waals surface area contributed by atoms with Crippen molar-refractivity contribution >= 4 is 46.7 Å². The van der Waals surface area contributed by atoms with Crippen LogP contribution in [0.25, 0.3) is 0 Å². The zero-order valence-corrected chi connectivity index (χ0v) is 24.2. The maximum atomic E-state index is 14.1. The van der Waals surface area contributed by atoms with Crippen LogP contribution in [0.3, 0.4) is 0 Å². The molecule has 42 heavy (non-hydrogen) atoms. The number of aryl methyl sites for hydroxylation is 2.